The zero-order chi connectivity index (χ0) is 16.5. The third kappa shape index (κ3) is 6.66. The third-order valence-electron chi connectivity index (χ3n) is 2.70. The fourth-order valence-corrected chi connectivity index (χ4v) is 1.99. The second-order valence-electron chi connectivity index (χ2n) is 4.45. The van der Waals surface area contributed by atoms with Crippen molar-refractivity contribution >= 4 is 39.5 Å². The van der Waals surface area contributed by atoms with E-state index in [1.807, 2.05) is 48.5 Å². The minimum absolute atomic E-state index is 0.131. The maximum atomic E-state index is 5.61. The van der Waals surface area contributed by atoms with Gasteiger partial charge >= 0.3 is 0 Å². The molecule has 0 radical (unpaired) electrons. The van der Waals surface area contributed by atoms with Crippen LogP contribution in [0.1, 0.15) is 5.56 Å². The van der Waals surface area contributed by atoms with Crippen LogP contribution in [0.5, 0.6) is 11.5 Å². The summed E-state index contributed by atoms with van der Waals surface area (Å²) in [6.45, 7) is 0.940. The van der Waals surface area contributed by atoms with Crippen molar-refractivity contribution in [1.82, 2.24) is 5.43 Å². The second-order valence-corrected chi connectivity index (χ2v) is 5.81. The molecular weight excluding hydrogens is 378 g/mol. The van der Waals surface area contributed by atoms with Crippen molar-refractivity contribution in [1.29, 1.82) is 0 Å². The summed E-state index contributed by atoms with van der Waals surface area (Å²) in [5.74, 6) is 1.58. The van der Waals surface area contributed by atoms with Crippen LogP contribution >= 0.6 is 28.1 Å². The van der Waals surface area contributed by atoms with Crippen molar-refractivity contribution in [3.05, 3.63) is 58.6 Å². The van der Waals surface area contributed by atoms with Gasteiger partial charge in [0.2, 0.25) is 0 Å². The van der Waals surface area contributed by atoms with Gasteiger partial charge in [0.1, 0.15) is 24.7 Å². The highest BCUT2D eigenvalue weighted by atomic mass is 79.9. The second kappa shape index (κ2) is 9.12. The van der Waals surface area contributed by atoms with Crippen LogP contribution in [0.4, 0.5) is 0 Å². The van der Waals surface area contributed by atoms with Crippen LogP contribution in [0.15, 0.2) is 58.1 Å². The lowest BCUT2D eigenvalue weighted by atomic mass is 10.2. The molecular formula is C16H16BrN3O2S. The Balaban J connectivity index is 1.72. The van der Waals surface area contributed by atoms with E-state index in [0.29, 0.717) is 13.2 Å². The maximum Gasteiger partial charge on any atom is 0.184 e. The first-order valence-corrected chi connectivity index (χ1v) is 8.03. The molecule has 0 unspecified atom stereocenters. The molecule has 0 aromatic heterocycles. The summed E-state index contributed by atoms with van der Waals surface area (Å²) in [5, 5.41) is 4.01. The van der Waals surface area contributed by atoms with Gasteiger partial charge in [-0.2, -0.15) is 5.10 Å². The lowest BCUT2D eigenvalue weighted by Crippen LogP contribution is -2.23. The molecule has 0 amide bonds. The molecule has 0 fully saturated rings. The smallest absolute Gasteiger partial charge is 0.184 e. The highest BCUT2D eigenvalue weighted by Gasteiger charge is 1.96. The largest absolute Gasteiger partial charge is 0.490 e. The Hall–Kier alpha value is -2.12. The van der Waals surface area contributed by atoms with Crippen LogP contribution in [0.25, 0.3) is 0 Å². The number of ether oxygens (including phenoxy) is 2. The first-order chi connectivity index (χ1) is 11.1. The molecule has 0 saturated heterocycles. The van der Waals surface area contributed by atoms with Crippen LogP contribution in [-0.2, 0) is 0 Å². The third-order valence-corrected chi connectivity index (χ3v) is 3.32. The Morgan fingerprint density at radius 3 is 2.09 bits per heavy atom. The van der Waals surface area contributed by atoms with E-state index in [9.17, 15) is 0 Å². The monoisotopic (exact) mass is 393 g/mol. The molecule has 0 atom stereocenters. The first-order valence-electron chi connectivity index (χ1n) is 6.83. The van der Waals surface area contributed by atoms with Crippen LogP contribution in [0.3, 0.4) is 0 Å². The molecule has 5 nitrogen and oxygen atoms in total. The van der Waals surface area contributed by atoms with Gasteiger partial charge in [0, 0.05) is 4.47 Å². The van der Waals surface area contributed by atoms with E-state index in [1.165, 1.54) is 0 Å². The summed E-state index contributed by atoms with van der Waals surface area (Å²) in [6.07, 6.45) is 1.62. The number of nitrogens with zero attached hydrogens (tertiary/aromatic N) is 1. The summed E-state index contributed by atoms with van der Waals surface area (Å²) in [5.41, 5.74) is 8.68. The van der Waals surface area contributed by atoms with Gasteiger partial charge in [-0.3, -0.25) is 5.43 Å². The number of hydrogen-bond donors (Lipinski definition) is 2. The molecule has 0 bridgehead atoms. The number of rotatable bonds is 7. The van der Waals surface area contributed by atoms with Crippen molar-refractivity contribution in [2.75, 3.05) is 13.2 Å². The van der Waals surface area contributed by atoms with Crippen LogP contribution < -0.4 is 20.6 Å². The van der Waals surface area contributed by atoms with Gasteiger partial charge in [0.15, 0.2) is 5.11 Å². The van der Waals surface area contributed by atoms with E-state index >= 15 is 0 Å². The zero-order valence-electron chi connectivity index (χ0n) is 12.2. The van der Waals surface area contributed by atoms with Gasteiger partial charge in [0.25, 0.3) is 0 Å². The Bertz CT molecular complexity index is 660. The van der Waals surface area contributed by atoms with E-state index in [-0.39, 0.29) is 5.11 Å². The van der Waals surface area contributed by atoms with E-state index in [4.69, 9.17) is 15.2 Å². The van der Waals surface area contributed by atoms with Crippen molar-refractivity contribution in [3.63, 3.8) is 0 Å². The van der Waals surface area contributed by atoms with Crippen LogP contribution in [-0.4, -0.2) is 24.5 Å². The van der Waals surface area contributed by atoms with Gasteiger partial charge in [-0.1, -0.05) is 15.9 Å². The van der Waals surface area contributed by atoms with E-state index in [0.717, 1.165) is 21.5 Å². The summed E-state index contributed by atoms with van der Waals surface area (Å²) >= 11 is 8.03. The Labute approximate surface area is 148 Å². The average molecular weight is 394 g/mol. The molecule has 23 heavy (non-hydrogen) atoms. The highest BCUT2D eigenvalue weighted by Crippen LogP contribution is 2.16. The molecule has 2 aromatic rings. The molecule has 0 spiro atoms. The minimum atomic E-state index is 0.131. The average Bonchev–Trinajstić information content (AvgIpc) is 2.54. The first kappa shape index (κ1) is 17.2. The van der Waals surface area contributed by atoms with Gasteiger partial charge < -0.3 is 15.2 Å². The van der Waals surface area contributed by atoms with Crippen molar-refractivity contribution in [2.45, 2.75) is 0 Å². The summed E-state index contributed by atoms with van der Waals surface area (Å²) in [7, 11) is 0. The molecule has 0 saturated carbocycles. The summed E-state index contributed by atoms with van der Waals surface area (Å²) < 4.78 is 12.2. The molecule has 0 aliphatic rings. The number of halogens is 1. The fourth-order valence-electron chi connectivity index (χ4n) is 1.67. The van der Waals surface area contributed by atoms with Gasteiger partial charge in [-0.25, -0.2) is 0 Å². The standard InChI is InChI=1S/C16H16BrN3O2S/c17-13-3-7-15(8-4-13)22-10-9-21-14-5-1-12(2-6-14)11-19-20-16(18)23/h1-8,11H,9-10H2,(H3,18,20,23)/b19-11+. The maximum absolute atomic E-state index is 5.61. The van der Waals surface area contributed by atoms with Crippen LogP contribution in [0, 0.1) is 0 Å². The Kier molecular flexibility index (Phi) is 6.83. The number of nitrogens with two attached hydrogens (primary N) is 1. The number of nitrogens with one attached hydrogen (secondary N) is 1. The predicted molar refractivity (Wildman–Crippen MR) is 99.1 cm³/mol. The SMILES string of the molecule is NC(=S)N/N=C/c1ccc(OCCOc2ccc(Br)cc2)cc1. The molecule has 3 N–H and O–H groups in total. The number of hydrogen-bond acceptors (Lipinski definition) is 4. The summed E-state index contributed by atoms with van der Waals surface area (Å²) in [4.78, 5) is 0. The lowest BCUT2D eigenvalue weighted by molar-refractivity contribution is 0.217. The topological polar surface area (TPSA) is 68.9 Å². The Morgan fingerprint density at radius 1 is 1.04 bits per heavy atom. The Morgan fingerprint density at radius 2 is 1.57 bits per heavy atom. The molecule has 120 valence electrons. The fraction of sp³-hybridized carbons (Fsp3) is 0.125. The molecule has 7 heteroatoms. The molecule has 2 aromatic carbocycles. The normalized spacial score (nSPS) is 10.5. The number of thiocarbonyl (C=S) groups is 1. The van der Waals surface area contributed by atoms with Crippen molar-refractivity contribution < 1.29 is 9.47 Å². The van der Waals surface area contributed by atoms with Gasteiger partial charge in [-0.05, 0) is 66.3 Å². The number of benzene rings is 2. The predicted octanol–water partition coefficient (Wildman–Crippen LogP) is 3.07. The van der Waals surface area contributed by atoms with E-state index < -0.39 is 0 Å². The van der Waals surface area contributed by atoms with Crippen molar-refractivity contribution in [2.24, 2.45) is 10.8 Å². The molecule has 0 heterocycles. The number of hydrazone groups is 1. The molecule has 0 aliphatic heterocycles. The van der Waals surface area contributed by atoms with Crippen LogP contribution in [0.2, 0.25) is 0 Å². The van der Waals surface area contributed by atoms with Gasteiger partial charge in [0.05, 0.1) is 6.21 Å². The quantitative estimate of drug-likeness (QED) is 0.327. The zero-order valence-corrected chi connectivity index (χ0v) is 14.6. The van der Waals surface area contributed by atoms with E-state index in [2.05, 4.69) is 38.7 Å². The highest BCUT2D eigenvalue weighted by molar-refractivity contribution is 9.10. The van der Waals surface area contributed by atoms with E-state index in [1.54, 1.807) is 6.21 Å². The summed E-state index contributed by atoms with van der Waals surface area (Å²) in [6, 6.07) is 15.2. The van der Waals surface area contributed by atoms with Crippen molar-refractivity contribution in [3.8, 4) is 11.5 Å². The van der Waals surface area contributed by atoms with Gasteiger partial charge in [-0.15, -0.1) is 0 Å². The lowest BCUT2D eigenvalue weighted by Gasteiger charge is -2.08. The molecule has 2 rings (SSSR count). The molecule has 0 aliphatic carbocycles. The minimum Gasteiger partial charge on any atom is -0.490 e.